The van der Waals surface area contributed by atoms with Crippen molar-refractivity contribution >= 4 is 33.9 Å². The first-order valence-corrected chi connectivity index (χ1v) is 8.97. The van der Waals surface area contributed by atoms with Crippen LogP contribution in [0.4, 0.5) is 10.1 Å². The normalized spacial score (nSPS) is 12.3. The third kappa shape index (κ3) is 6.84. The lowest BCUT2D eigenvalue weighted by Crippen LogP contribution is -2.27. The second-order valence-electron chi connectivity index (χ2n) is 5.45. The molecule has 140 valence electrons. The minimum atomic E-state index is -0.735. The fourth-order valence-corrected chi connectivity index (χ4v) is 2.56. The van der Waals surface area contributed by atoms with Gasteiger partial charge in [0.2, 0.25) is 0 Å². The third-order valence-electron chi connectivity index (χ3n) is 3.37. The number of carbonyl (C=O) groups excluding carboxylic acids is 1. The van der Waals surface area contributed by atoms with E-state index in [9.17, 15) is 9.18 Å². The van der Waals surface area contributed by atoms with E-state index in [-0.39, 0.29) is 17.8 Å². The van der Waals surface area contributed by atoms with Crippen LogP contribution in [-0.4, -0.2) is 25.3 Å². The van der Waals surface area contributed by atoms with Gasteiger partial charge >= 0.3 is 0 Å². The number of benzene rings is 1. The average Bonchev–Trinajstić information content (AvgIpc) is 2.59. The highest BCUT2D eigenvalue weighted by Crippen LogP contribution is 2.25. The van der Waals surface area contributed by atoms with Crippen LogP contribution in [-0.2, 0) is 4.79 Å². The van der Waals surface area contributed by atoms with E-state index < -0.39 is 11.7 Å². The SMILES string of the molecule is C=C(F)/C(Nc1ccc(Br)cc1C)=C(\C=C/CN=CN)C(=O)NCCC. The van der Waals surface area contributed by atoms with Crippen LogP contribution in [0.2, 0.25) is 0 Å². The van der Waals surface area contributed by atoms with Gasteiger partial charge in [0.1, 0.15) is 5.83 Å². The first-order valence-electron chi connectivity index (χ1n) is 8.17. The van der Waals surface area contributed by atoms with E-state index in [0.717, 1.165) is 16.5 Å². The van der Waals surface area contributed by atoms with E-state index in [2.05, 4.69) is 38.1 Å². The number of nitrogens with zero attached hydrogens (tertiary/aromatic N) is 1. The predicted molar refractivity (Wildman–Crippen MR) is 110 cm³/mol. The van der Waals surface area contributed by atoms with Gasteiger partial charge < -0.3 is 16.4 Å². The Kier molecular flexibility index (Phi) is 9.36. The highest BCUT2D eigenvalue weighted by Gasteiger charge is 2.16. The van der Waals surface area contributed by atoms with E-state index in [0.29, 0.717) is 12.2 Å². The molecule has 0 aliphatic rings. The lowest BCUT2D eigenvalue weighted by molar-refractivity contribution is -0.117. The smallest absolute Gasteiger partial charge is 0.253 e. The Morgan fingerprint density at radius 1 is 1.46 bits per heavy atom. The molecule has 0 aromatic heterocycles. The van der Waals surface area contributed by atoms with Gasteiger partial charge in [-0.25, -0.2) is 4.39 Å². The van der Waals surface area contributed by atoms with E-state index in [4.69, 9.17) is 5.73 Å². The predicted octanol–water partition coefficient (Wildman–Crippen LogP) is 3.98. The van der Waals surface area contributed by atoms with E-state index in [1.807, 2.05) is 26.0 Å². The van der Waals surface area contributed by atoms with Crippen LogP contribution in [0, 0.1) is 6.92 Å². The number of nitrogens with one attached hydrogen (secondary N) is 2. The molecule has 0 aliphatic heterocycles. The van der Waals surface area contributed by atoms with Crippen LogP contribution in [0.1, 0.15) is 18.9 Å². The molecule has 0 saturated carbocycles. The Morgan fingerprint density at radius 2 is 2.19 bits per heavy atom. The second kappa shape index (κ2) is 11.3. The minimum Gasteiger partial charge on any atom is -0.390 e. The van der Waals surface area contributed by atoms with Crippen molar-refractivity contribution < 1.29 is 9.18 Å². The van der Waals surface area contributed by atoms with Gasteiger partial charge in [0, 0.05) is 16.7 Å². The van der Waals surface area contributed by atoms with Crippen LogP contribution in [0.25, 0.3) is 0 Å². The van der Waals surface area contributed by atoms with E-state index in [1.54, 1.807) is 12.1 Å². The summed E-state index contributed by atoms with van der Waals surface area (Å²) >= 11 is 3.39. The molecule has 1 aromatic rings. The Morgan fingerprint density at radius 3 is 2.77 bits per heavy atom. The summed E-state index contributed by atoms with van der Waals surface area (Å²) in [6, 6.07) is 5.52. The van der Waals surface area contributed by atoms with Gasteiger partial charge in [-0.05, 0) is 43.2 Å². The van der Waals surface area contributed by atoms with Gasteiger partial charge in [-0.15, -0.1) is 0 Å². The summed E-state index contributed by atoms with van der Waals surface area (Å²) in [5.41, 5.74) is 6.92. The number of nitrogens with two attached hydrogens (primary N) is 1. The summed E-state index contributed by atoms with van der Waals surface area (Å²) in [4.78, 5) is 16.3. The largest absolute Gasteiger partial charge is 0.390 e. The highest BCUT2D eigenvalue weighted by atomic mass is 79.9. The summed E-state index contributed by atoms with van der Waals surface area (Å²) in [7, 11) is 0. The van der Waals surface area contributed by atoms with Gasteiger partial charge in [-0.3, -0.25) is 9.79 Å². The molecule has 0 heterocycles. The molecule has 1 aromatic carbocycles. The number of carbonyl (C=O) groups is 1. The van der Waals surface area contributed by atoms with E-state index >= 15 is 0 Å². The molecule has 0 atom stereocenters. The van der Waals surface area contributed by atoms with Crippen molar-refractivity contribution in [2.24, 2.45) is 10.7 Å². The molecule has 0 unspecified atom stereocenters. The van der Waals surface area contributed by atoms with Crippen LogP contribution in [0.5, 0.6) is 0 Å². The standard InChI is InChI=1S/C19H24BrFN4O/c1-4-9-24-19(26)16(6-5-10-23-12-22)18(14(3)21)25-17-8-7-15(20)11-13(17)2/h5-8,11-12,25H,3-4,9-10H2,1-2H3,(H2,22,23)(H,24,26)/b6-5-,18-16-. The number of rotatable bonds is 9. The maximum Gasteiger partial charge on any atom is 0.253 e. The molecule has 1 rings (SSSR count). The number of aryl methyl sites for hydroxylation is 1. The first-order chi connectivity index (χ1) is 12.4. The van der Waals surface area contributed by atoms with Gasteiger partial charge in [-0.1, -0.05) is 35.5 Å². The van der Waals surface area contributed by atoms with Crippen molar-refractivity contribution in [3.63, 3.8) is 0 Å². The fraction of sp³-hybridized carbons (Fsp3) is 0.263. The topological polar surface area (TPSA) is 79.5 Å². The Hall–Kier alpha value is -2.41. The summed E-state index contributed by atoms with van der Waals surface area (Å²) in [6.45, 7) is 7.96. The molecule has 1 amide bonds. The van der Waals surface area contributed by atoms with Crippen molar-refractivity contribution in [3.8, 4) is 0 Å². The molecule has 0 spiro atoms. The number of halogens is 2. The van der Waals surface area contributed by atoms with Gasteiger partial charge in [0.15, 0.2) is 0 Å². The maximum absolute atomic E-state index is 14.2. The molecule has 0 fully saturated rings. The highest BCUT2D eigenvalue weighted by molar-refractivity contribution is 9.10. The Bertz CT molecular complexity index is 741. The van der Waals surface area contributed by atoms with E-state index in [1.165, 1.54) is 12.4 Å². The lowest BCUT2D eigenvalue weighted by atomic mass is 10.1. The fourth-order valence-electron chi connectivity index (χ4n) is 2.08. The Balaban J connectivity index is 3.31. The molecule has 5 nitrogen and oxygen atoms in total. The summed E-state index contributed by atoms with van der Waals surface area (Å²) in [5.74, 6) is -1.13. The molecule has 0 saturated heterocycles. The van der Waals surface area contributed by atoms with Crippen LogP contribution in [0.15, 0.2) is 63.5 Å². The number of aliphatic imine (C=N–C) groups is 1. The van der Waals surface area contributed by atoms with Gasteiger partial charge in [-0.2, -0.15) is 0 Å². The molecule has 0 bridgehead atoms. The zero-order chi connectivity index (χ0) is 19.5. The molecule has 0 aliphatic carbocycles. The third-order valence-corrected chi connectivity index (χ3v) is 3.86. The van der Waals surface area contributed by atoms with Crippen LogP contribution in [0.3, 0.4) is 0 Å². The number of hydrogen-bond donors (Lipinski definition) is 3. The number of hydrogen-bond acceptors (Lipinski definition) is 3. The number of anilines is 1. The zero-order valence-electron chi connectivity index (χ0n) is 15.0. The molecular weight excluding hydrogens is 399 g/mol. The molecule has 26 heavy (non-hydrogen) atoms. The van der Waals surface area contributed by atoms with Crippen LogP contribution < -0.4 is 16.4 Å². The quantitative estimate of drug-likeness (QED) is 0.243. The van der Waals surface area contributed by atoms with Crippen LogP contribution >= 0.6 is 15.9 Å². The van der Waals surface area contributed by atoms with Crippen molar-refractivity contribution in [1.82, 2.24) is 5.32 Å². The molecule has 0 radical (unpaired) electrons. The molecule has 4 N–H and O–H groups in total. The molecular formula is C19H24BrFN4O. The number of allylic oxidation sites excluding steroid dienone is 1. The summed E-state index contributed by atoms with van der Waals surface area (Å²) in [5, 5.41) is 5.73. The summed E-state index contributed by atoms with van der Waals surface area (Å²) < 4.78 is 15.1. The monoisotopic (exact) mass is 422 g/mol. The lowest BCUT2D eigenvalue weighted by Gasteiger charge is -2.15. The Labute approximate surface area is 162 Å². The van der Waals surface area contributed by atoms with Gasteiger partial charge in [0.05, 0.1) is 24.2 Å². The minimum absolute atomic E-state index is 0.0111. The van der Waals surface area contributed by atoms with Gasteiger partial charge in [0.25, 0.3) is 5.91 Å². The van der Waals surface area contributed by atoms with Crippen molar-refractivity contribution in [3.05, 3.63) is 64.1 Å². The maximum atomic E-state index is 14.2. The summed E-state index contributed by atoms with van der Waals surface area (Å²) in [6.07, 6.45) is 5.08. The average molecular weight is 423 g/mol. The van der Waals surface area contributed by atoms with Crippen molar-refractivity contribution in [2.75, 3.05) is 18.4 Å². The second-order valence-corrected chi connectivity index (χ2v) is 6.37. The molecule has 7 heteroatoms. The zero-order valence-corrected chi connectivity index (χ0v) is 16.6. The first kappa shape index (κ1) is 21.6. The van der Waals surface area contributed by atoms with Crippen molar-refractivity contribution in [1.29, 1.82) is 0 Å². The number of amides is 1. The van der Waals surface area contributed by atoms with Crippen molar-refractivity contribution in [2.45, 2.75) is 20.3 Å².